The predicted molar refractivity (Wildman–Crippen MR) is 104 cm³/mol. The average molecular weight is 425 g/mol. The molecule has 1 aromatic heterocycles. The van der Waals surface area contributed by atoms with E-state index in [0.29, 0.717) is 23.9 Å². The molecule has 0 saturated carbocycles. The second-order valence-electron chi connectivity index (χ2n) is 5.66. The van der Waals surface area contributed by atoms with Crippen molar-refractivity contribution in [2.24, 2.45) is 5.73 Å². The van der Waals surface area contributed by atoms with E-state index in [0.717, 1.165) is 22.9 Å². The second kappa shape index (κ2) is 9.60. The van der Waals surface area contributed by atoms with Crippen molar-refractivity contribution >= 4 is 34.2 Å². The van der Waals surface area contributed by atoms with Crippen LogP contribution in [0.15, 0.2) is 30.5 Å². The van der Waals surface area contributed by atoms with Crippen LogP contribution in [-0.2, 0) is 27.6 Å². The highest BCUT2D eigenvalue weighted by Crippen LogP contribution is 2.30. The highest BCUT2D eigenvalue weighted by molar-refractivity contribution is 7.77. The highest BCUT2D eigenvalue weighted by atomic mass is 35.5. The monoisotopic (exact) mass is 424 g/mol. The topological polar surface area (TPSA) is 115 Å². The normalized spacial score (nSPS) is 12.5. The third-order valence-corrected chi connectivity index (χ3v) is 4.48. The van der Waals surface area contributed by atoms with Crippen LogP contribution in [0.25, 0.3) is 5.69 Å². The molecule has 1 aliphatic rings. The molecule has 0 unspecified atom stereocenters. The minimum atomic E-state index is -0.458. The quantitative estimate of drug-likeness (QED) is 0.209. The first kappa shape index (κ1) is 21.8. The van der Waals surface area contributed by atoms with Gasteiger partial charge in [0.15, 0.2) is 5.69 Å². The van der Waals surface area contributed by atoms with E-state index < -0.39 is 5.97 Å². The fourth-order valence-electron chi connectivity index (χ4n) is 2.60. The Morgan fingerprint density at radius 3 is 2.68 bits per heavy atom. The molecular weight excluding hydrogens is 404 g/mol. The zero-order valence-electron chi connectivity index (χ0n) is 15.4. The van der Waals surface area contributed by atoms with Crippen LogP contribution in [0.1, 0.15) is 36.6 Å². The van der Waals surface area contributed by atoms with E-state index in [1.165, 1.54) is 0 Å². The van der Waals surface area contributed by atoms with Crippen molar-refractivity contribution in [1.29, 1.82) is 0 Å². The molecule has 0 aliphatic carbocycles. The first-order valence-corrected chi connectivity index (χ1v) is 9.32. The van der Waals surface area contributed by atoms with Gasteiger partial charge in [-0.1, -0.05) is 19.1 Å². The minimum Gasteiger partial charge on any atom is -1.00 e. The molecule has 1 aromatic carbocycles. The van der Waals surface area contributed by atoms with Gasteiger partial charge in [-0.3, -0.25) is 14.4 Å². The zero-order valence-corrected chi connectivity index (χ0v) is 17.0. The van der Waals surface area contributed by atoms with Gasteiger partial charge in [-0.25, -0.2) is 15.5 Å². The van der Waals surface area contributed by atoms with Crippen molar-refractivity contribution < 1.29 is 26.7 Å². The number of nitrogens with zero attached hydrogens (tertiary/aromatic N) is 3. The number of fused-ring (bicyclic) bond motifs is 3. The number of nitrogens with one attached hydrogen (secondary N) is 2. The molecule has 0 radical (unpaired) electrons. The zero-order chi connectivity index (χ0) is 19.4. The lowest BCUT2D eigenvalue weighted by molar-refractivity contribution is -0.118. The number of amides is 1. The number of hydrazine groups is 1. The summed E-state index contributed by atoms with van der Waals surface area (Å²) < 4.78 is 9.54. The molecule has 0 atom stereocenters. The lowest BCUT2D eigenvalue weighted by Gasteiger charge is -2.30. The van der Waals surface area contributed by atoms with Gasteiger partial charge in [-0.2, -0.15) is 0 Å². The van der Waals surface area contributed by atoms with Crippen LogP contribution in [0.5, 0.6) is 0 Å². The van der Waals surface area contributed by atoms with Gasteiger partial charge in [0.1, 0.15) is 5.82 Å². The largest absolute Gasteiger partial charge is 1.00 e. The lowest BCUT2D eigenvalue weighted by Crippen LogP contribution is -3.00. The van der Waals surface area contributed by atoms with Crippen molar-refractivity contribution in [3.63, 3.8) is 0 Å². The second-order valence-corrected chi connectivity index (χ2v) is 6.51. The van der Waals surface area contributed by atoms with Crippen LogP contribution in [0.3, 0.4) is 0 Å². The third-order valence-electron chi connectivity index (χ3n) is 3.84. The molecule has 150 valence electrons. The standard InChI is InChI=1S/C17H20N6O3S.ClH/c1-3-15(24)21-27-17(18)20-23-10-14-19-11(16(25)26-4-2)9-22(14)12-7-5-6-8-13(12)23;/h5-9,20H,3-4,10,18H2,1-2H3;1H. The van der Waals surface area contributed by atoms with Gasteiger partial charge in [0.05, 0.1) is 24.5 Å². The number of carbonyl (C=O) groups excluding carboxylic acids is 2. The number of hydrogen-bond donors (Lipinski definition) is 3. The Morgan fingerprint density at radius 2 is 2.00 bits per heavy atom. The molecule has 3 rings (SSSR count). The number of hydrogen-bond acceptors (Lipinski definition) is 5. The van der Waals surface area contributed by atoms with Gasteiger partial charge in [-0.05, 0) is 19.1 Å². The number of rotatable bonds is 5. The van der Waals surface area contributed by atoms with Crippen LogP contribution in [0, 0.1) is 0 Å². The summed E-state index contributed by atoms with van der Waals surface area (Å²) in [4.78, 5) is 27.8. The summed E-state index contributed by atoms with van der Waals surface area (Å²) in [5, 5.41) is 2.13. The number of para-hydroxylation sites is 2. The summed E-state index contributed by atoms with van der Waals surface area (Å²) in [6.45, 7) is 4.18. The lowest BCUT2D eigenvalue weighted by atomic mass is 10.2. The molecule has 11 heteroatoms. The Balaban J connectivity index is 0.00000280. The van der Waals surface area contributed by atoms with Crippen molar-refractivity contribution in [2.45, 2.75) is 26.8 Å². The van der Waals surface area contributed by atoms with Crippen LogP contribution >= 0.6 is 0 Å². The van der Waals surface area contributed by atoms with Crippen molar-refractivity contribution in [3.05, 3.63) is 42.0 Å². The summed E-state index contributed by atoms with van der Waals surface area (Å²) in [5.74, 6) is 0.0957. The number of esters is 1. The van der Waals surface area contributed by atoms with Crippen molar-refractivity contribution in [3.8, 4) is 5.69 Å². The number of carbonyl (C=O) groups is 2. The summed E-state index contributed by atoms with van der Waals surface area (Å²) in [6, 6.07) is 7.66. The van der Waals surface area contributed by atoms with E-state index in [9.17, 15) is 9.59 Å². The first-order valence-electron chi connectivity index (χ1n) is 8.50. The van der Waals surface area contributed by atoms with E-state index in [-0.39, 0.29) is 30.6 Å². The van der Waals surface area contributed by atoms with Gasteiger partial charge in [0, 0.05) is 12.6 Å². The SMILES string of the molecule is CCOC(=O)c1cn2c(n1)CN(N/C(N)=[S+]/NC(=O)CC)c1ccccc1-2.[Cl-]. The molecule has 9 nitrogen and oxygen atoms in total. The maximum atomic E-state index is 12.0. The van der Waals surface area contributed by atoms with Crippen LogP contribution in [0.2, 0.25) is 0 Å². The molecule has 1 aliphatic heterocycles. The maximum absolute atomic E-state index is 12.0. The predicted octanol–water partition coefficient (Wildman–Crippen LogP) is -2.55. The molecule has 2 aromatic rings. The fraction of sp³-hybridized carbons (Fsp3) is 0.294. The number of ether oxygens (including phenoxy) is 1. The molecular formula is C17H21ClN6O3S. The van der Waals surface area contributed by atoms with E-state index in [1.54, 1.807) is 20.0 Å². The van der Waals surface area contributed by atoms with Crippen molar-refractivity contribution in [1.82, 2.24) is 19.7 Å². The number of nitrogens with two attached hydrogens (primary N) is 1. The summed E-state index contributed by atoms with van der Waals surface area (Å²) in [6.07, 6.45) is 2.05. The van der Waals surface area contributed by atoms with Crippen molar-refractivity contribution in [2.75, 3.05) is 11.6 Å². The molecule has 0 spiro atoms. The third kappa shape index (κ3) is 4.65. The Kier molecular flexibility index (Phi) is 7.46. The molecule has 0 bridgehead atoms. The Labute approximate surface area is 172 Å². The Bertz CT molecular complexity index is 901. The Morgan fingerprint density at radius 1 is 1.29 bits per heavy atom. The average Bonchev–Trinajstić information content (AvgIpc) is 3.11. The van der Waals surface area contributed by atoms with Crippen LogP contribution < -0.4 is 33.3 Å². The molecule has 0 fully saturated rings. The number of anilines is 1. The summed E-state index contributed by atoms with van der Waals surface area (Å²) in [5.41, 5.74) is 11.0. The summed E-state index contributed by atoms with van der Waals surface area (Å²) in [7, 11) is 0. The number of benzene rings is 1. The van der Waals surface area contributed by atoms with Gasteiger partial charge < -0.3 is 17.1 Å². The maximum Gasteiger partial charge on any atom is 0.370 e. The van der Waals surface area contributed by atoms with E-state index in [2.05, 4.69) is 15.1 Å². The number of imidazole rings is 1. The van der Waals surface area contributed by atoms with Crippen LogP contribution in [0.4, 0.5) is 5.69 Å². The number of aromatic nitrogens is 2. The van der Waals surface area contributed by atoms with Gasteiger partial charge >= 0.3 is 22.6 Å². The molecule has 0 saturated heterocycles. The molecule has 28 heavy (non-hydrogen) atoms. The van der Waals surface area contributed by atoms with Gasteiger partial charge in [0.25, 0.3) is 5.91 Å². The van der Waals surface area contributed by atoms with Crippen LogP contribution in [-0.4, -0.2) is 33.1 Å². The Hall–Kier alpha value is -2.53. The molecule has 4 N–H and O–H groups in total. The van der Waals surface area contributed by atoms with E-state index in [4.69, 9.17) is 10.5 Å². The van der Waals surface area contributed by atoms with Gasteiger partial charge in [-0.15, -0.1) is 10.1 Å². The van der Waals surface area contributed by atoms with E-state index >= 15 is 0 Å². The molecule has 2 heterocycles. The highest BCUT2D eigenvalue weighted by Gasteiger charge is 2.27. The van der Waals surface area contributed by atoms with E-state index in [1.807, 2.05) is 33.8 Å². The number of halogens is 1. The summed E-state index contributed by atoms with van der Waals surface area (Å²) >= 11 is 1.02. The molecule has 1 amide bonds. The smallest absolute Gasteiger partial charge is 0.370 e. The fourth-order valence-corrected chi connectivity index (χ4v) is 3.13. The first-order chi connectivity index (χ1) is 13.0. The van der Waals surface area contributed by atoms with Gasteiger partial charge in [0.2, 0.25) is 0 Å². The minimum absolute atomic E-state index is 0.